The Kier molecular flexibility index (Phi) is 5.01. The third-order valence-corrected chi connectivity index (χ3v) is 6.49. The first-order chi connectivity index (χ1) is 13.6. The lowest BCUT2D eigenvalue weighted by atomic mass is 9.85. The molecule has 3 aromatic rings. The second-order valence-electron chi connectivity index (χ2n) is 6.94. The van der Waals surface area contributed by atoms with Crippen molar-refractivity contribution in [2.45, 2.75) is 30.6 Å². The number of rotatable bonds is 5. The molecule has 142 valence electrons. The second kappa shape index (κ2) is 7.60. The van der Waals surface area contributed by atoms with Crippen LogP contribution in [0.15, 0.2) is 77.7 Å². The normalized spacial score (nSPS) is 13.6. The largest absolute Gasteiger partial charge is 0.289 e. The lowest BCUT2D eigenvalue weighted by Crippen LogP contribution is -2.17. The third kappa shape index (κ3) is 3.58. The van der Waals surface area contributed by atoms with E-state index in [0.29, 0.717) is 16.8 Å². The monoisotopic (exact) mass is 391 g/mol. The van der Waals surface area contributed by atoms with Crippen molar-refractivity contribution in [1.29, 1.82) is 0 Å². The van der Waals surface area contributed by atoms with Crippen molar-refractivity contribution in [3.63, 3.8) is 0 Å². The van der Waals surface area contributed by atoms with Crippen LogP contribution in [0.25, 0.3) is 0 Å². The van der Waals surface area contributed by atoms with E-state index in [1.54, 1.807) is 42.5 Å². The van der Waals surface area contributed by atoms with Gasteiger partial charge in [0.2, 0.25) is 0 Å². The van der Waals surface area contributed by atoms with E-state index in [1.165, 1.54) is 17.7 Å². The number of hydrogen-bond donors (Lipinski definition) is 1. The number of para-hydroxylation sites is 1. The van der Waals surface area contributed by atoms with Crippen LogP contribution in [-0.2, 0) is 22.9 Å². The maximum atomic E-state index is 13.3. The molecule has 5 heteroatoms. The summed E-state index contributed by atoms with van der Waals surface area (Å²) in [5.41, 5.74) is 3.65. The first-order valence-electron chi connectivity index (χ1n) is 9.38. The molecule has 0 aliphatic heterocycles. The number of fused-ring (bicyclic) bond motifs is 1. The molecule has 0 unspecified atom stereocenters. The van der Waals surface area contributed by atoms with Gasteiger partial charge in [-0.05, 0) is 61.1 Å². The van der Waals surface area contributed by atoms with Gasteiger partial charge >= 0.3 is 0 Å². The fourth-order valence-electron chi connectivity index (χ4n) is 3.71. The summed E-state index contributed by atoms with van der Waals surface area (Å²) in [6.07, 6.45) is 4.07. The number of benzene rings is 3. The van der Waals surface area contributed by atoms with Gasteiger partial charge < -0.3 is 0 Å². The highest BCUT2D eigenvalue weighted by molar-refractivity contribution is 7.92. The van der Waals surface area contributed by atoms with Crippen LogP contribution in [0.4, 0.5) is 5.69 Å². The van der Waals surface area contributed by atoms with Crippen LogP contribution < -0.4 is 4.72 Å². The Balaban J connectivity index is 1.72. The molecule has 28 heavy (non-hydrogen) atoms. The van der Waals surface area contributed by atoms with E-state index < -0.39 is 10.0 Å². The average molecular weight is 391 g/mol. The molecule has 0 atom stereocenters. The molecule has 4 nitrogen and oxygen atoms in total. The van der Waals surface area contributed by atoms with Crippen molar-refractivity contribution >= 4 is 21.5 Å². The summed E-state index contributed by atoms with van der Waals surface area (Å²) in [5, 5.41) is 0. The number of nitrogens with one attached hydrogen (secondary N) is 1. The fourth-order valence-corrected chi connectivity index (χ4v) is 4.81. The van der Waals surface area contributed by atoms with Crippen molar-refractivity contribution in [3.05, 3.63) is 95.1 Å². The Morgan fingerprint density at radius 3 is 2.25 bits per heavy atom. The van der Waals surface area contributed by atoms with Crippen molar-refractivity contribution in [2.75, 3.05) is 4.72 Å². The molecule has 0 amide bonds. The van der Waals surface area contributed by atoms with Gasteiger partial charge in [-0.3, -0.25) is 9.52 Å². The molecule has 1 aliphatic rings. The zero-order chi connectivity index (χ0) is 19.6. The molecular weight excluding hydrogens is 370 g/mol. The smallest absolute Gasteiger partial charge is 0.261 e. The van der Waals surface area contributed by atoms with Crippen LogP contribution >= 0.6 is 0 Å². The van der Waals surface area contributed by atoms with Crippen LogP contribution in [0.2, 0.25) is 0 Å². The number of carbonyl (C=O) groups is 1. The van der Waals surface area contributed by atoms with Gasteiger partial charge in [-0.1, -0.05) is 48.5 Å². The molecule has 1 aliphatic carbocycles. The van der Waals surface area contributed by atoms with Crippen LogP contribution in [-0.4, -0.2) is 14.2 Å². The molecule has 0 fully saturated rings. The van der Waals surface area contributed by atoms with Crippen LogP contribution in [0.3, 0.4) is 0 Å². The van der Waals surface area contributed by atoms with Crippen LogP contribution in [0, 0.1) is 0 Å². The molecule has 0 heterocycles. The summed E-state index contributed by atoms with van der Waals surface area (Å²) >= 11 is 0. The summed E-state index contributed by atoms with van der Waals surface area (Å²) in [4.78, 5) is 13.5. The van der Waals surface area contributed by atoms with Gasteiger partial charge in [0.15, 0.2) is 5.78 Å². The lowest BCUT2D eigenvalue weighted by Gasteiger charge is -2.19. The van der Waals surface area contributed by atoms with Gasteiger partial charge in [0.1, 0.15) is 0 Å². The molecule has 0 aromatic heterocycles. The maximum Gasteiger partial charge on any atom is 0.261 e. The highest BCUT2D eigenvalue weighted by Crippen LogP contribution is 2.29. The van der Waals surface area contributed by atoms with Gasteiger partial charge in [-0.25, -0.2) is 8.42 Å². The maximum absolute atomic E-state index is 13.3. The van der Waals surface area contributed by atoms with Gasteiger partial charge in [0.05, 0.1) is 10.6 Å². The molecular formula is C23H21NO3S. The SMILES string of the molecule is O=C(c1ccccc1NS(=O)(=O)c1ccccc1)c1cccc2c1CCCC2. The van der Waals surface area contributed by atoms with E-state index in [-0.39, 0.29) is 10.7 Å². The summed E-state index contributed by atoms with van der Waals surface area (Å²) in [7, 11) is -3.77. The molecule has 3 aromatic carbocycles. The van der Waals surface area contributed by atoms with Crippen molar-refractivity contribution in [1.82, 2.24) is 0 Å². The van der Waals surface area contributed by atoms with Gasteiger partial charge in [-0.15, -0.1) is 0 Å². The van der Waals surface area contributed by atoms with E-state index in [1.807, 2.05) is 12.1 Å². The Morgan fingerprint density at radius 1 is 0.750 bits per heavy atom. The Hall–Kier alpha value is -2.92. The minimum atomic E-state index is -3.77. The van der Waals surface area contributed by atoms with Crippen molar-refractivity contribution in [3.8, 4) is 0 Å². The van der Waals surface area contributed by atoms with Crippen molar-refractivity contribution in [2.24, 2.45) is 0 Å². The minimum Gasteiger partial charge on any atom is -0.289 e. The quantitative estimate of drug-likeness (QED) is 0.647. The van der Waals surface area contributed by atoms with E-state index >= 15 is 0 Å². The molecule has 0 saturated carbocycles. The van der Waals surface area contributed by atoms with E-state index in [2.05, 4.69) is 10.8 Å². The summed E-state index contributed by atoms with van der Waals surface area (Å²) < 4.78 is 28.0. The minimum absolute atomic E-state index is 0.148. The zero-order valence-corrected chi connectivity index (χ0v) is 16.2. The highest BCUT2D eigenvalue weighted by atomic mass is 32.2. The van der Waals surface area contributed by atoms with E-state index in [9.17, 15) is 13.2 Å². The van der Waals surface area contributed by atoms with Gasteiger partial charge in [0.25, 0.3) is 10.0 Å². The first-order valence-corrected chi connectivity index (χ1v) is 10.9. The standard InChI is InChI=1S/C23H21NO3S/c25-23(20-15-8-10-17-9-4-5-13-19(17)20)21-14-6-7-16-22(21)24-28(26,27)18-11-2-1-3-12-18/h1-3,6-8,10-12,14-16,24H,4-5,9,13H2. The third-order valence-electron chi connectivity index (χ3n) is 5.11. The van der Waals surface area contributed by atoms with Crippen LogP contribution in [0.1, 0.15) is 39.9 Å². The van der Waals surface area contributed by atoms with Gasteiger partial charge in [0, 0.05) is 11.1 Å². The number of sulfonamides is 1. The van der Waals surface area contributed by atoms with Crippen molar-refractivity contribution < 1.29 is 13.2 Å². The Labute approximate surface area is 165 Å². The summed E-state index contributed by atoms with van der Waals surface area (Å²) in [6, 6.07) is 20.8. The first kappa shape index (κ1) is 18.4. The summed E-state index contributed by atoms with van der Waals surface area (Å²) in [5.74, 6) is -0.148. The lowest BCUT2D eigenvalue weighted by molar-refractivity contribution is 0.103. The summed E-state index contributed by atoms with van der Waals surface area (Å²) in [6.45, 7) is 0. The van der Waals surface area contributed by atoms with E-state index in [4.69, 9.17) is 0 Å². The number of ketones is 1. The number of carbonyl (C=O) groups excluding carboxylic acids is 1. The second-order valence-corrected chi connectivity index (χ2v) is 8.63. The predicted octanol–water partition coefficient (Wildman–Crippen LogP) is 4.60. The zero-order valence-electron chi connectivity index (χ0n) is 15.4. The topological polar surface area (TPSA) is 63.2 Å². The molecule has 1 N–H and O–H groups in total. The Morgan fingerprint density at radius 2 is 1.43 bits per heavy atom. The number of aryl methyl sites for hydroxylation is 1. The molecule has 0 spiro atoms. The van der Waals surface area contributed by atoms with Gasteiger partial charge in [-0.2, -0.15) is 0 Å². The number of anilines is 1. The molecule has 4 rings (SSSR count). The van der Waals surface area contributed by atoms with E-state index in [0.717, 1.165) is 31.2 Å². The molecule has 0 bridgehead atoms. The van der Waals surface area contributed by atoms with Crippen LogP contribution in [0.5, 0.6) is 0 Å². The molecule has 0 saturated heterocycles. The Bertz CT molecular complexity index is 1120. The molecule has 0 radical (unpaired) electrons. The average Bonchev–Trinajstić information content (AvgIpc) is 2.73. The number of hydrogen-bond acceptors (Lipinski definition) is 3. The highest BCUT2D eigenvalue weighted by Gasteiger charge is 2.22. The fraction of sp³-hybridized carbons (Fsp3) is 0.174. The predicted molar refractivity (Wildman–Crippen MR) is 110 cm³/mol.